The van der Waals surface area contributed by atoms with Gasteiger partial charge in [-0.05, 0) is 43.9 Å². The van der Waals surface area contributed by atoms with E-state index in [-0.39, 0.29) is 17.4 Å². The number of amides is 1. The molecule has 2 rings (SSSR count). The van der Waals surface area contributed by atoms with E-state index in [2.05, 4.69) is 47.2 Å². The van der Waals surface area contributed by atoms with Crippen molar-refractivity contribution in [2.24, 2.45) is 5.41 Å². The highest BCUT2D eigenvalue weighted by molar-refractivity contribution is 9.10. The lowest BCUT2D eigenvalue weighted by Gasteiger charge is -2.28. The van der Waals surface area contributed by atoms with Crippen LogP contribution in [0.3, 0.4) is 0 Å². The molecule has 1 atom stereocenters. The first-order valence-electron chi connectivity index (χ1n) is 7.14. The maximum atomic E-state index is 12.5. The summed E-state index contributed by atoms with van der Waals surface area (Å²) >= 11 is 3.47. The molecule has 0 aliphatic heterocycles. The molecule has 0 spiro atoms. The van der Waals surface area contributed by atoms with Gasteiger partial charge in [-0.25, -0.2) is 0 Å². The number of nitrogens with one attached hydrogen (secondary N) is 1. The Balaban J connectivity index is 2.06. The third-order valence-corrected chi connectivity index (χ3v) is 4.91. The zero-order valence-electron chi connectivity index (χ0n) is 11.7. The van der Waals surface area contributed by atoms with Gasteiger partial charge in [0.15, 0.2) is 0 Å². The van der Waals surface area contributed by atoms with Crippen molar-refractivity contribution in [3.63, 3.8) is 0 Å². The molecule has 0 bridgehead atoms. The van der Waals surface area contributed by atoms with E-state index in [4.69, 9.17) is 0 Å². The van der Waals surface area contributed by atoms with Crippen LogP contribution in [0.25, 0.3) is 0 Å². The third kappa shape index (κ3) is 3.19. The second-order valence-corrected chi connectivity index (χ2v) is 6.51. The minimum Gasteiger partial charge on any atom is -0.349 e. The summed E-state index contributed by atoms with van der Waals surface area (Å²) in [6, 6.07) is 8.20. The molecule has 1 aromatic rings. The van der Waals surface area contributed by atoms with Crippen molar-refractivity contribution >= 4 is 21.8 Å². The van der Waals surface area contributed by atoms with Crippen molar-refractivity contribution in [1.29, 1.82) is 0 Å². The average molecular weight is 324 g/mol. The highest BCUT2D eigenvalue weighted by Crippen LogP contribution is 2.41. The molecule has 1 unspecified atom stereocenters. The maximum absolute atomic E-state index is 12.5. The zero-order chi connectivity index (χ0) is 13.9. The molecule has 2 nitrogen and oxygen atoms in total. The van der Waals surface area contributed by atoms with E-state index < -0.39 is 0 Å². The Kier molecular flexibility index (Phi) is 4.67. The Bertz CT molecular complexity index is 452. The second-order valence-electron chi connectivity index (χ2n) is 5.59. The SMILES string of the molecule is CCC1(C(=O)NC(C)c2cccc(Br)c2)CCCC1. The molecule has 19 heavy (non-hydrogen) atoms. The summed E-state index contributed by atoms with van der Waals surface area (Å²) in [5.74, 6) is 0.236. The van der Waals surface area contributed by atoms with E-state index in [1.807, 2.05) is 12.1 Å². The molecule has 0 aromatic heterocycles. The molecule has 1 saturated carbocycles. The quantitative estimate of drug-likeness (QED) is 0.862. The lowest BCUT2D eigenvalue weighted by molar-refractivity contribution is -0.131. The van der Waals surface area contributed by atoms with Crippen LogP contribution in [0.5, 0.6) is 0 Å². The average Bonchev–Trinajstić information content (AvgIpc) is 2.88. The van der Waals surface area contributed by atoms with E-state index in [1.54, 1.807) is 0 Å². The second kappa shape index (κ2) is 6.08. The van der Waals surface area contributed by atoms with Gasteiger partial charge in [-0.3, -0.25) is 4.79 Å². The van der Waals surface area contributed by atoms with E-state index in [0.717, 1.165) is 29.3 Å². The molecule has 0 saturated heterocycles. The van der Waals surface area contributed by atoms with Crippen LogP contribution in [0.1, 0.15) is 57.6 Å². The lowest BCUT2D eigenvalue weighted by Crippen LogP contribution is -2.40. The topological polar surface area (TPSA) is 29.1 Å². The largest absolute Gasteiger partial charge is 0.349 e. The molecule has 1 fully saturated rings. The van der Waals surface area contributed by atoms with E-state index >= 15 is 0 Å². The summed E-state index contributed by atoms with van der Waals surface area (Å²) in [6.07, 6.45) is 5.41. The van der Waals surface area contributed by atoms with Gasteiger partial charge in [-0.2, -0.15) is 0 Å². The molecule has 1 aromatic carbocycles. The first-order chi connectivity index (χ1) is 9.07. The first kappa shape index (κ1) is 14.6. The number of halogens is 1. The number of rotatable bonds is 4. The Morgan fingerprint density at radius 1 is 1.42 bits per heavy atom. The minimum absolute atomic E-state index is 0.0639. The van der Waals surface area contributed by atoms with Crippen LogP contribution in [0.15, 0.2) is 28.7 Å². The van der Waals surface area contributed by atoms with Crippen molar-refractivity contribution < 1.29 is 4.79 Å². The summed E-state index contributed by atoms with van der Waals surface area (Å²) in [6.45, 7) is 4.19. The molecular weight excluding hydrogens is 302 g/mol. The van der Waals surface area contributed by atoms with Gasteiger partial charge in [0.2, 0.25) is 5.91 Å². The first-order valence-corrected chi connectivity index (χ1v) is 7.93. The van der Waals surface area contributed by atoms with Crippen molar-refractivity contribution in [2.75, 3.05) is 0 Å². The van der Waals surface area contributed by atoms with Gasteiger partial charge in [0.05, 0.1) is 6.04 Å². The smallest absolute Gasteiger partial charge is 0.226 e. The van der Waals surface area contributed by atoms with Gasteiger partial charge in [0.1, 0.15) is 0 Å². The zero-order valence-corrected chi connectivity index (χ0v) is 13.3. The fourth-order valence-corrected chi connectivity index (χ4v) is 3.42. The molecule has 3 heteroatoms. The molecule has 0 radical (unpaired) electrons. The van der Waals surface area contributed by atoms with Crippen molar-refractivity contribution in [1.82, 2.24) is 5.32 Å². The molecule has 104 valence electrons. The Hall–Kier alpha value is -0.830. The molecule has 1 N–H and O–H groups in total. The standard InChI is InChI=1S/C16H22BrNO/c1-3-16(9-4-5-10-16)15(19)18-12(2)13-7-6-8-14(17)11-13/h6-8,11-12H,3-5,9-10H2,1-2H3,(H,18,19). The Labute approximate surface area is 124 Å². The van der Waals surface area contributed by atoms with E-state index in [1.165, 1.54) is 12.8 Å². The number of benzene rings is 1. The van der Waals surface area contributed by atoms with Gasteiger partial charge >= 0.3 is 0 Å². The summed E-state index contributed by atoms with van der Waals surface area (Å²) in [7, 11) is 0. The van der Waals surface area contributed by atoms with Gasteiger partial charge in [0.25, 0.3) is 0 Å². The van der Waals surface area contributed by atoms with Crippen LogP contribution in [0.2, 0.25) is 0 Å². The van der Waals surface area contributed by atoms with Gasteiger partial charge in [-0.15, -0.1) is 0 Å². The van der Waals surface area contributed by atoms with Crippen LogP contribution in [0.4, 0.5) is 0 Å². The van der Waals surface area contributed by atoms with Crippen LogP contribution < -0.4 is 5.32 Å². The molecular formula is C16H22BrNO. The molecule has 1 aliphatic carbocycles. The van der Waals surface area contributed by atoms with Crippen LogP contribution in [0, 0.1) is 5.41 Å². The normalized spacial score (nSPS) is 19.1. The van der Waals surface area contributed by atoms with E-state index in [9.17, 15) is 4.79 Å². The Morgan fingerprint density at radius 2 is 2.11 bits per heavy atom. The number of hydrogen-bond donors (Lipinski definition) is 1. The van der Waals surface area contributed by atoms with Crippen molar-refractivity contribution in [3.8, 4) is 0 Å². The van der Waals surface area contributed by atoms with Crippen molar-refractivity contribution in [2.45, 2.75) is 52.0 Å². The molecule has 1 amide bonds. The third-order valence-electron chi connectivity index (χ3n) is 4.42. The van der Waals surface area contributed by atoms with Gasteiger partial charge in [-0.1, -0.05) is 47.8 Å². The van der Waals surface area contributed by atoms with E-state index in [0.29, 0.717) is 0 Å². The summed E-state index contributed by atoms with van der Waals surface area (Å²) in [5.41, 5.74) is 1.03. The fraction of sp³-hybridized carbons (Fsp3) is 0.562. The summed E-state index contributed by atoms with van der Waals surface area (Å²) in [5, 5.41) is 3.20. The number of hydrogen-bond acceptors (Lipinski definition) is 1. The number of carbonyl (C=O) groups excluding carboxylic acids is 1. The monoisotopic (exact) mass is 323 g/mol. The fourth-order valence-electron chi connectivity index (χ4n) is 3.00. The Morgan fingerprint density at radius 3 is 2.68 bits per heavy atom. The van der Waals surface area contributed by atoms with Crippen LogP contribution in [-0.4, -0.2) is 5.91 Å². The predicted molar refractivity (Wildman–Crippen MR) is 81.9 cm³/mol. The maximum Gasteiger partial charge on any atom is 0.226 e. The minimum atomic E-state index is -0.111. The highest BCUT2D eigenvalue weighted by atomic mass is 79.9. The predicted octanol–water partition coefficient (Wildman–Crippen LogP) is 4.60. The highest BCUT2D eigenvalue weighted by Gasteiger charge is 2.39. The van der Waals surface area contributed by atoms with Gasteiger partial charge < -0.3 is 5.32 Å². The van der Waals surface area contributed by atoms with Crippen molar-refractivity contribution in [3.05, 3.63) is 34.3 Å². The molecule has 0 heterocycles. The lowest BCUT2D eigenvalue weighted by atomic mass is 9.82. The van der Waals surface area contributed by atoms with Gasteiger partial charge in [0, 0.05) is 9.89 Å². The summed E-state index contributed by atoms with van der Waals surface area (Å²) in [4.78, 5) is 12.5. The number of carbonyl (C=O) groups is 1. The molecule has 1 aliphatic rings. The summed E-state index contributed by atoms with van der Waals surface area (Å²) < 4.78 is 1.05. The van der Waals surface area contributed by atoms with Crippen LogP contribution >= 0.6 is 15.9 Å². The van der Waals surface area contributed by atoms with Crippen LogP contribution in [-0.2, 0) is 4.79 Å².